The highest BCUT2D eigenvalue weighted by Gasteiger charge is 2.28. The molecule has 2 atom stereocenters. The summed E-state index contributed by atoms with van der Waals surface area (Å²) < 4.78 is 0. The van der Waals surface area contributed by atoms with Crippen LogP contribution < -0.4 is 10.6 Å². The van der Waals surface area contributed by atoms with Gasteiger partial charge in [-0.05, 0) is 23.5 Å². The first kappa shape index (κ1) is 11.1. The van der Waals surface area contributed by atoms with E-state index in [1.54, 1.807) is 7.05 Å². The Morgan fingerprint density at radius 1 is 1.44 bits per heavy atom. The van der Waals surface area contributed by atoms with Gasteiger partial charge in [-0.25, -0.2) is 0 Å². The molecule has 0 bridgehead atoms. The van der Waals surface area contributed by atoms with Gasteiger partial charge in [0.2, 0.25) is 5.91 Å². The van der Waals surface area contributed by atoms with Gasteiger partial charge in [-0.1, -0.05) is 31.2 Å². The maximum atomic E-state index is 11.2. The standard InChI is InChI=1S/C13H18N2O/c1-9-7-10-5-3-4-6-11(10)13(9)15-8-12(16)14-2/h3-6,9,13,15H,7-8H2,1-2H3,(H,14,16). The molecule has 1 aliphatic rings. The number of rotatable bonds is 3. The van der Waals surface area contributed by atoms with E-state index in [1.807, 2.05) is 0 Å². The van der Waals surface area contributed by atoms with E-state index in [1.165, 1.54) is 11.1 Å². The Morgan fingerprint density at radius 3 is 2.94 bits per heavy atom. The van der Waals surface area contributed by atoms with E-state index in [2.05, 4.69) is 41.8 Å². The number of nitrogens with one attached hydrogen (secondary N) is 2. The second-order valence-electron chi connectivity index (χ2n) is 4.41. The van der Waals surface area contributed by atoms with Crippen LogP contribution in [0.3, 0.4) is 0 Å². The van der Waals surface area contributed by atoms with Crippen molar-refractivity contribution in [2.75, 3.05) is 13.6 Å². The van der Waals surface area contributed by atoms with Crippen molar-refractivity contribution in [3.63, 3.8) is 0 Å². The van der Waals surface area contributed by atoms with Crippen LogP contribution in [0.25, 0.3) is 0 Å². The van der Waals surface area contributed by atoms with Gasteiger partial charge < -0.3 is 10.6 Å². The summed E-state index contributed by atoms with van der Waals surface area (Å²) in [4.78, 5) is 11.2. The third-order valence-corrected chi connectivity index (χ3v) is 3.26. The fourth-order valence-electron chi connectivity index (χ4n) is 2.40. The molecule has 1 aliphatic carbocycles. The summed E-state index contributed by atoms with van der Waals surface area (Å²) >= 11 is 0. The van der Waals surface area contributed by atoms with Gasteiger partial charge in [0.25, 0.3) is 0 Å². The molecule has 1 amide bonds. The number of fused-ring (bicyclic) bond motifs is 1. The highest BCUT2D eigenvalue weighted by molar-refractivity contribution is 5.77. The Bertz CT molecular complexity index is 389. The zero-order valence-electron chi connectivity index (χ0n) is 9.79. The Morgan fingerprint density at radius 2 is 2.19 bits per heavy atom. The first-order valence-electron chi connectivity index (χ1n) is 5.74. The lowest BCUT2D eigenvalue weighted by Gasteiger charge is -2.18. The summed E-state index contributed by atoms with van der Waals surface area (Å²) in [6.07, 6.45) is 1.10. The summed E-state index contributed by atoms with van der Waals surface area (Å²) in [6.45, 7) is 2.61. The molecule has 0 heterocycles. The molecule has 0 spiro atoms. The molecule has 2 N–H and O–H groups in total. The number of amides is 1. The van der Waals surface area contributed by atoms with Gasteiger partial charge in [-0.2, -0.15) is 0 Å². The molecule has 2 unspecified atom stereocenters. The van der Waals surface area contributed by atoms with E-state index < -0.39 is 0 Å². The van der Waals surface area contributed by atoms with Crippen molar-refractivity contribution in [2.24, 2.45) is 5.92 Å². The van der Waals surface area contributed by atoms with Crippen LogP contribution in [0.2, 0.25) is 0 Å². The lowest BCUT2D eigenvalue weighted by Crippen LogP contribution is -2.34. The molecule has 0 radical (unpaired) electrons. The van der Waals surface area contributed by atoms with Crippen molar-refractivity contribution in [2.45, 2.75) is 19.4 Å². The van der Waals surface area contributed by atoms with Gasteiger partial charge in [0.15, 0.2) is 0 Å². The lowest BCUT2D eigenvalue weighted by molar-refractivity contribution is -0.119. The molecule has 0 fully saturated rings. The van der Waals surface area contributed by atoms with Crippen LogP contribution in [0.4, 0.5) is 0 Å². The maximum Gasteiger partial charge on any atom is 0.233 e. The summed E-state index contributed by atoms with van der Waals surface area (Å²) in [6, 6.07) is 8.78. The zero-order valence-corrected chi connectivity index (χ0v) is 9.79. The molecule has 16 heavy (non-hydrogen) atoms. The normalized spacial score (nSPS) is 22.9. The third kappa shape index (κ3) is 2.09. The molecule has 0 saturated carbocycles. The predicted octanol–water partition coefficient (Wildman–Crippen LogP) is 1.26. The second-order valence-corrected chi connectivity index (χ2v) is 4.41. The lowest BCUT2D eigenvalue weighted by atomic mass is 10.0. The van der Waals surface area contributed by atoms with Crippen molar-refractivity contribution in [3.8, 4) is 0 Å². The van der Waals surface area contributed by atoms with E-state index in [0.717, 1.165) is 6.42 Å². The van der Waals surface area contributed by atoms with Crippen molar-refractivity contribution in [1.82, 2.24) is 10.6 Å². The first-order valence-corrected chi connectivity index (χ1v) is 5.74. The van der Waals surface area contributed by atoms with E-state index in [0.29, 0.717) is 18.5 Å². The summed E-state index contributed by atoms with van der Waals surface area (Å²) in [5.41, 5.74) is 2.75. The number of carbonyl (C=O) groups excluding carboxylic acids is 1. The van der Waals surface area contributed by atoms with Crippen molar-refractivity contribution >= 4 is 5.91 Å². The quantitative estimate of drug-likeness (QED) is 0.802. The molecule has 3 heteroatoms. The minimum absolute atomic E-state index is 0.0385. The summed E-state index contributed by atoms with van der Waals surface area (Å²) in [5.74, 6) is 0.596. The molecule has 0 aliphatic heterocycles. The molecule has 1 aromatic rings. The van der Waals surface area contributed by atoms with Crippen LogP contribution >= 0.6 is 0 Å². The van der Waals surface area contributed by atoms with E-state index in [9.17, 15) is 4.79 Å². The van der Waals surface area contributed by atoms with Gasteiger partial charge in [0, 0.05) is 13.1 Å². The average Bonchev–Trinajstić information content (AvgIpc) is 2.62. The first-order chi connectivity index (χ1) is 7.72. The van der Waals surface area contributed by atoms with Crippen LogP contribution in [0.15, 0.2) is 24.3 Å². The molecule has 1 aromatic carbocycles. The molecular formula is C13H18N2O. The van der Waals surface area contributed by atoms with Crippen molar-refractivity contribution in [1.29, 1.82) is 0 Å². The Labute approximate surface area is 96.2 Å². The van der Waals surface area contributed by atoms with Crippen LogP contribution in [-0.2, 0) is 11.2 Å². The predicted molar refractivity (Wildman–Crippen MR) is 64.1 cm³/mol. The Kier molecular flexibility index (Phi) is 3.25. The molecule has 0 aromatic heterocycles. The van der Waals surface area contributed by atoms with Gasteiger partial charge in [-0.3, -0.25) is 4.79 Å². The highest BCUT2D eigenvalue weighted by atomic mass is 16.1. The number of carbonyl (C=O) groups is 1. The molecule has 86 valence electrons. The second kappa shape index (κ2) is 4.66. The van der Waals surface area contributed by atoms with Gasteiger partial charge >= 0.3 is 0 Å². The van der Waals surface area contributed by atoms with Crippen LogP contribution in [0.5, 0.6) is 0 Å². The zero-order chi connectivity index (χ0) is 11.5. The SMILES string of the molecule is CNC(=O)CNC1c2ccccc2CC1C. The van der Waals surface area contributed by atoms with Gasteiger partial charge in [0.1, 0.15) is 0 Å². The molecule has 0 saturated heterocycles. The average molecular weight is 218 g/mol. The fourth-order valence-corrected chi connectivity index (χ4v) is 2.40. The highest BCUT2D eigenvalue weighted by Crippen LogP contribution is 2.35. The van der Waals surface area contributed by atoms with Crippen molar-refractivity contribution in [3.05, 3.63) is 35.4 Å². The van der Waals surface area contributed by atoms with Crippen LogP contribution in [-0.4, -0.2) is 19.5 Å². The molecule has 2 rings (SSSR count). The number of likely N-dealkylation sites (N-methyl/N-ethyl adjacent to an activating group) is 1. The Hall–Kier alpha value is -1.35. The minimum Gasteiger partial charge on any atom is -0.358 e. The monoisotopic (exact) mass is 218 g/mol. The number of benzene rings is 1. The van der Waals surface area contributed by atoms with Gasteiger partial charge in [-0.15, -0.1) is 0 Å². The maximum absolute atomic E-state index is 11.2. The van der Waals surface area contributed by atoms with E-state index in [-0.39, 0.29) is 5.91 Å². The third-order valence-electron chi connectivity index (χ3n) is 3.26. The summed E-state index contributed by atoms with van der Waals surface area (Å²) in [7, 11) is 1.66. The minimum atomic E-state index is 0.0385. The molecular weight excluding hydrogens is 200 g/mol. The van der Waals surface area contributed by atoms with E-state index in [4.69, 9.17) is 0 Å². The van der Waals surface area contributed by atoms with Crippen LogP contribution in [0, 0.1) is 5.92 Å². The largest absolute Gasteiger partial charge is 0.358 e. The molecule has 3 nitrogen and oxygen atoms in total. The van der Waals surface area contributed by atoms with E-state index >= 15 is 0 Å². The summed E-state index contributed by atoms with van der Waals surface area (Å²) in [5, 5.41) is 5.95. The Balaban J connectivity index is 2.07. The van der Waals surface area contributed by atoms with Crippen LogP contribution in [0.1, 0.15) is 24.1 Å². The fraction of sp³-hybridized carbons (Fsp3) is 0.462. The number of hydrogen-bond acceptors (Lipinski definition) is 2. The topological polar surface area (TPSA) is 41.1 Å². The van der Waals surface area contributed by atoms with Crippen molar-refractivity contribution < 1.29 is 4.79 Å². The van der Waals surface area contributed by atoms with Gasteiger partial charge in [0.05, 0.1) is 6.54 Å². The smallest absolute Gasteiger partial charge is 0.233 e. The number of hydrogen-bond donors (Lipinski definition) is 2.